The fraction of sp³-hybridized carbons (Fsp3) is 1.00. The summed E-state index contributed by atoms with van der Waals surface area (Å²) in [6.45, 7) is 4.34. The molecule has 0 aromatic rings. The zero-order chi connectivity index (χ0) is 11.4. The van der Waals surface area contributed by atoms with E-state index in [-0.39, 0.29) is 0 Å². The molecule has 0 spiro atoms. The van der Waals surface area contributed by atoms with Crippen molar-refractivity contribution in [2.24, 2.45) is 0 Å². The Balaban J connectivity index is 4.56. The van der Waals surface area contributed by atoms with Crippen LogP contribution in [0.15, 0.2) is 0 Å². The Kier molecular flexibility index (Phi) is 5.72. The van der Waals surface area contributed by atoms with E-state index in [4.69, 9.17) is 4.18 Å². The Morgan fingerprint density at radius 3 is 2.00 bits per heavy atom. The number of hydrogen-bond donors (Lipinski definition) is 0. The molecule has 0 aliphatic heterocycles. The van der Waals surface area contributed by atoms with Crippen molar-refractivity contribution in [1.29, 1.82) is 0 Å². The lowest BCUT2D eigenvalue weighted by molar-refractivity contribution is -0.0290. The molecular weight excluding hydrogens is 230 g/mol. The van der Waals surface area contributed by atoms with Crippen LogP contribution in [0.25, 0.3) is 0 Å². The van der Waals surface area contributed by atoms with E-state index in [2.05, 4.69) is 4.18 Å². The molecule has 0 N–H and O–H groups in total. The average Bonchev–Trinajstić information content (AvgIpc) is 2.04. The minimum absolute atomic E-state index is 0.772. The molecule has 0 heterocycles. The highest BCUT2D eigenvalue weighted by atomic mass is 32.2. The van der Waals surface area contributed by atoms with Crippen LogP contribution in [0.3, 0.4) is 0 Å². The number of alkyl halides is 2. The summed E-state index contributed by atoms with van der Waals surface area (Å²) in [5.74, 6) is -2.87. The number of hydrogen-bond acceptors (Lipinski definition) is 4. The molecule has 0 rings (SSSR count). The van der Waals surface area contributed by atoms with Gasteiger partial charge in [-0.2, -0.15) is 0 Å². The molecule has 1 unspecified atom stereocenters. The van der Waals surface area contributed by atoms with E-state index in [0.717, 1.165) is 24.1 Å². The molecule has 0 aliphatic rings. The van der Waals surface area contributed by atoms with Crippen molar-refractivity contribution >= 4 is 24.1 Å². The van der Waals surface area contributed by atoms with Gasteiger partial charge in [-0.25, -0.2) is 8.78 Å². The van der Waals surface area contributed by atoms with E-state index in [0.29, 0.717) is 0 Å². The van der Waals surface area contributed by atoms with Gasteiger partial charge in [-0.15, -0.1) is 0 Å². The number of rotatable bonds is 6. The van der Waals surface area contributed by atoms with Crippen molar-refractivity contribution < 1.29 is 17.1 Å². The standard InChI is InChI=1S/C8H16F2O2S2/c1-6(13-11-4)8(9,10)7(2,3)14-12-5/h6H,1-5H3. The molecule has 0 saturated carbocycles. The predicted octanol–water partition coefficient (Wildman–Crippen LogP) is 3.38. The maximum Gasteiger partial charge on any atom is 0.277 e. The van der Waals surface area contributed by atoms with Crippen molar-refractivity contribution in [2.75, 3.05) is 14.2 Å². The van der Waals surface area contributed by atoms with Crippen LogP contribution in [0.5, 0.6) is 0 Å². The van der Waals surface area contributed by atoms with E-state index in [1.54, 1.807) is 0 Å². The second kappa shape index (κ2) is 5.53. The summed E-state index contributed by atoms with van der Waals surface area (Å²) in [6, 6.07) is 0. The number of halogens is 2. The highest BCUT2D eigenvalue weighted by Gasteiger charge is 2.52. The third-order valence-electron chi connectivity index (χ3n) is 1.85. The predicted molar refractivity (Wildman–Crippen MR) is 57.7 cm³/mol. The molecule has 6 heteroatoms. The lowest BCUT2D eigenvalue weighted by atomic mass is 10.0. The van der Waals surface area contributed by atoms with Gasteiger partial charge >= 0.3 is 0 Å². The molecular formula is C8H16F2O2S2. The van der Waals surface area contributed by atoms with Crippen LogP contribution in [0.2, 0.25) is 0 Å². The third kappa shape index (κ3) is 3.25. The third-order valence-corrected chi connectivity index (χ3v) is 3.48. The Hall–Kier alpha value is 0.480. The highest BCUT2D eigenvalue weighted by molar-refractivity contribution is 7.96. The van der Waals surface area contributed by atoms with E-state index in [1.165, 1.54) is 35.0 Å². The zero-order valence-electron chi connectivity index (χ0n) is 8.97. The van der Waals surface area contributed by atoms with Gasteiger partial charge < -0.3 is 8.37 Å². The summed E-state index contributed by atoms with van der Waals surface area (Å²) in [7, 11) is 2.77. The summed E-state index contributed by atoms with van der Waals surface area (Å²) in [5, 5.41) is -0.912. The Morgan fingerprint density at radius 2 is 1.64 bits per heavy atom. The highest BCUT2D eigenvalue weighted by Crippen LogP contribution is 2.45. The molecule has 0 radical (unpaired) electrons. The van der Waals surface area contributed by atoms with Gasteiger partial charge in [0.2, 0.25) is 0 Å². The van der Waals surface area contributed by atoms with Crippen LogP contribution in [-0.2, 0) is 8.37 Å². The molecule has 0 amide bonds. The molecule has 0 aliphatic carbocycles. The first-order valence-electron chi connectivity index (χ1n) is 4.08. The monoisotopic (exact) mass is 246 g/mol. The zero-order valence-corrected chi connectivity index (χ0v) is 10.6. The van der Waals surface area contributed by atoms with Gasteiger partial charge in [0.1, 0.15) is 4.75 Å². The quantitative estimate of drug-likeness (QED) is 0.668. The van der Waals surface area contributed by atoms with Gasteiger partial charge in [0.05, 0.1) is 19.5 Å². The Morgan fingerprint density at radius 1 is 1.14 bits per heavy atom. The van der Waals surface area contributed by atoms with Crippen molar-refractivity contribution in [1.82, 2.24) is 0 Å². The lowest BCUT2D eigenvalue weighted by Crippen LogP contribution is -2.47. The topological polar surface area (TPSA) is 18.5 Å². The molecule has 0 aromatic carbocycles. The largest absolute Gasteiger partial charge is 0.318 e. The summed E-state index contributed by atoms with van der Waals surface area (Å²) >= 11 is 1.55. The summed E-state index contributed by atoms with van der Waals surface area (Å²) in [5.41, 5.74) is 0. The lowest BCUT2D eigenvalue weighted by Gasteiger charge is -2.35. The fourth-order valence-corrected chi connectivity index (χ4v) is 2.44. The van der Waals surface area contributed by atoms with E-state index >= 15 is 0 Å². The van der Waals surface area contributed by atoms with Gasteiger partial charge in [0, 0.05) is 24.1 Å². The molecule has 0 bridgehead atoms. The van der Waals surface area contributed by atoms with Crippen LogP contribution in [0, 0.1) is 0 Å². The van der Waals surface area contributed by atoms with Crippen LogP contribution < -0.4 is 0 Å². The van der Waals surface area contributed by atoms with Crippen molar-refractivity contribution in [3.8, 4) is 0 Å². The molecule has 0 aromatic heterocycles. The molecule has 86 valence electrons. The maximum atomic E-state index is 13.8. The summed E-state index contributed by atoms with van der Waals surface area (Å²) < 4.78 is 35.6. The van der Waals surface area contributed by atoms with Gasteiger partial charge in [-0.05, 0) is 20.8 Å². The second-order valence-electron chi connectivity index (χ2n) is 3.29. The average molecular weight is 246 g/mol. The van der Waals surface area contributed by atoms with E-state index < -0.39 is 15.9 Å². The van der Waals surface area contributed by atoms with Gasteiger partial charge in [0.25, 0.3) is 5.92 Å². The fourth-order valence-electron chi connectivity index (χ4n) is 0.958. The van der Waals surface area contributed by atoms with Crippen molar-refractivity contribution in [3.63, 3.8) is 0 Å². The first-order valence-corrected chi connectivity index (χ1v) is 5.63. The van der Waals surface area contributed by atoms with E-state index in [9.17, 15) is 8.78 Å². The Bertz CT molecular complexity index is 177. The first kappa shape index (κ1) is 14.5. The minimum Gasteiger partial charge on any atom is -0.318 e. The maximum absolute atomic E-state index is 13.8. The van der Waals surface area contributed by atoms with Crippen molar-refractivity contribution in [2.45, 2.75) is 36.7 Å². The van der Waals surface area contributed by atoms with Gasteiger partial charge in [-0.1, -0.05) is 0 Å². The van der Waals surface area contributed by atoms with Crippen LogP contribution in [0.1, 0.15) is 20.8 Å². The second-order valence-corrected chi connectivity index (χ2v) is 6.04. The molecule has 1 atom stereocenters. The molecule has 0 fully saturated rings. The van der Waals surface area contributed by atoms with Crippen molar-refractivity contribution in [3.05, 3.63) is 0 Å². The Labute approximate surface area is 92.5 Å². The smallest absolute Gasteiger partial charge is 0.277 e. The molecule has 14 heavy (non-hydrogen) atoms. The van der Waals surface area contributed by atoms with Crippen LogP contribution in [0.4, 0.5) is 8.78 Å². The SMILES string of the molecule is COSC(C)C(F)(F)C(C)(C)SOC. The van der Waals surface area contributed by atoms with Gasteiger partial charge in [0.15, 0.2) is 0 Å². The normalized spacial score (nSPS) is 15.6. The van der Waals surface area contributed by atoms with E-state index in [1.807, 2.05) is 0 Å². The summed E-state index contributed by atoms with van der Waals surface area (Å²) in [4.78, 5) is 0. The summed E-state index contributed by atoms with van der Waals surface area (Å²) in [6.07, 6.45) is 0. The molecule has 0 saturated heterocycles. The first-order chi connectivity index (χ1) is 6.29. The van der Waals surface area contributed by atoms with Gasteiger partial charge in [-0.3, -0.25) is 0 Å². The van der Waals surface area contributed by atoms with Crippen LogP contribution >= 0.6 is 24.1 Å². The minimum atomic E-state index is -2.87. The molecule has 2 nitrogen and oxygen atoms in total. The van der Waals surface area contributed by atoms with Crippen LogP contribution in [-0.4, -0.2) is 30.1 Å².